The molecule has 0 N–H and O–H groups in total. The number of para-hydroxylation sites is 1. The van der Waals surface area contributed by atoms with Crippen LogP contribution in [0.1, 0.15) is 26.3 Å². The molecule has 4 aromatic carbocycles. The SMILES string of the molecule is Cc1ccc(S(=O)(=O)n2c3ccccc3c3c(-c4ccccc4)c4c(cc32)C(=O)C=CC4=O)cc1. The number of aromatic nitrogens is 1. The van der Waals surface area contributed by atoms with Crippen molar-refractivity contribution in [1.29, 1.82) is 0 Å². The van der Waals surface area contributed by atoms with Gasteiger partial charge in [0.1, 0.15) is 0 Å². The van der Waals surface area contributed by atoms with Crippen molar-refractivity contribution in [1.82, 2.24) is 3.97 Å². The van der Waals surface area contributed by atoms with E-state index in [0.717, 1.165) is 11.1 Å². The minimum atomic E-state index is -4.02. The number of benzene rings is 4. The maximum Gasteiger partial charge on any atom is 0.268 e. The number of allylic oxidation sites excluding steroid dienone is 2. The third kappa shape index (κ3) is 3.11. The van der Waals surface area contributed by atoms with Gasteiger partial charge in [-0.3, -0.25) is 9.59 Å². The normalized spacial score (nSPS) is 13.5. The van der Waals surface area contributed by atoms with Crippen LogP contribution in [0.3, 0.4) is 0 Å². The fourth-order valence-corrected chi connectivity index (χ4v) is 6.35. The van der Waals surface area contributed by atoms with E-state index in [1.807, 2.05) is 49.4 Å². The van der Waals surface area contributed by atoms with Gasteiger partial charge in [0, 0.05) is 27.5 Å². The van der Waals surface area contributed by atoms with E-state index in [0.29, 0.717) is 32.9 Å². The molecule has 0 saturated heterocycles. The van der Waals surface area contributed by atoms with Crippen molar-refractivity contribution < 1.29 is 18.0 Å². The molecule has 0 unspecified atom stereocenters. The summed E-state index contributed by atoms with van der Waals surface area (Å²) in [5.74, 6) is -0.609. The Morgan fingerprint density at radius 1 is 0.686 bits per heavy atom. The lowest BCUT2D eigenvalue weighted by molar-refractivity contribution is 0.0995. The van der Waals surface area contributed by atoms with E-state index in [-0.39, 0.29) is 22.0 Å². The van der Waals surface area contributed by atoms with Gasteiger partial charge in [0.25, 0.3) is 10.0 Å². The van der Waals surface area contributed by atoms with Gasteiger partial charge in [0.15, 0.2) is 11.6 Å². The summed E-state index contributed by atoms with van der Waals surface area (Å²) >= 11 is 0. The van der Waals surface area contributed by atoms with Crippen molar-refractivity contribution in [3.8, 4) is 11.1 Å². The lowest BCUT2D eigenvalue weighted by Crippen LogP contribution is -2.16. The van der Waals surface area contributed by atoms with Crippen molar-refractivity contribution in [2.75, 3.05) is 0 Å². The molecule has 170 valence electrons. The Hall–Kier alpha value is -4.29. The lowest BCUT2D eigenvalue weighted by Gasteiger charge is -2.17. The molecule has 1 aliphatic carbocycles. The topological polar surface area (TPSA) is 73.2 Å². The van der Waals surface area contributed by atoms with Gasteiger partial charge in [-0.05, 0) is 48.9 Å². The zero-order chi connectivity index (χ0) is 24.3. The van der Waals surface area contributed by atoms with Crippen molar-refractivity contribution >= 4 is 43.4 Å². The smallest absolute Gasteiger partial charge is 0.268 e. The average Bonchev–Trinajstić information content (AvgIpc) is 3.21. The molecule has 35 heavy (non-hydrogen) atoms. The summed E-state index contributed by atoms with van der Waals surface area (Å²) in [6, 6.07) is 24.8. The van der Waals surface area contributed by atoms with Gasteiger partial charge in [-0.2, -0.15) is 0 Å². The number of carbonyl (C=O) groups excluding carboxylic acids is 2. The number of carbonyl (C=O) groups is 2. The number of ketones is 2. The van der Waals surface area contributed by atoms with Crippen LogP contribution in [0.4, 0.5) is 0 Å². The predicted molar refractivity (Wildman–Crippen MR) is 136 cm³/mol. The molecule has 1 aromatic heterocycles. The molecule has 0 aliphatic heterocycles. The van der Waals surface area contributed by atoms with Crippen LogP contribution in [0.2, 0.25) is 0 Å². The number of nitrogens with zero attached hydrogens (tertiary/aromatic N) is 1. The van der Waals surface area contributed by atoms with Gasteiger partial charge in [-0.15, -0.1) is 0 Å². The Morgan fingerprint density at radius 2 is 1.34 bits per heavy atom. The van der Waals surface area contributed by atoms with Gasteiger partial charge >= 0.3 is 0 Å². The number of rotatable bonds is 3. The summed E-state index contributed by atoms with van der Waals surface area (Å²) in [6.45, 7) is 1.89. The molecule has 0 saturated carbocycles. The largest absolute Gasteiger partial charge is 0.289 e. The quantitative estimate of drug-likeness (QED) is 0.322. The summed E-state index contributed by atoms with van der Waals surface area (Å²) in [7, 11) is -4.02. The van der Waals surface area contributed by atoms with Crippen molar-refractivity contribution in [3.63, 3.8) is 0 Å². The number of hydrogen-bond donors (Lipinski definition) is 0. The first-order valence-electron chi connectivity index (χ1n) is 11.1. The Balaban J connectivity index is 1.85. The van der Waals surface area contributed by atoms with Gasteiger partial charge in [0.2, 0.25) is 0 Å². The first-order valence-corrected chi connectivity index (χ1v) is 12.6. The fourth-order valence-electron chi connectivity index (χ4n) is 4.84. The molecular formula is C29H19NO4S. The van der Waals surface area contributed by atoms with E-state index < -0.39 is 10.0 Å². The standard InChI is InChI=1S/C29H19NO4S/c1-18-11-13-20(14-12-18)35(33,34)30-23-10-6-5-9-21(23)28-24(30)17-22-25(31)15-16-26(32)29(22)27(28)19-7-3-2-4-8-19/h2-17H,1H3. The molecule has 1 heterocycles. The van der Waals surface area contributed by atoms with E-state index >= 15 is 0 Å². The molecule has 5 nitrogen and oxygen atoms in total. The maximum absolute atomic E-state index is 14.0. The first kappa shape index (κ1) is 21.3. The Bertz CT molecular complexity index is 1830. The summed E-state index contributed by atoms with van der Waals surface area (Å²) in [5.41, 5.74) is 3.59. The number of hydrogen-bond acceptors (Lipinski definition) is 4. The van der Waals surface area contributed by atoms with Crippen LogP contribution in [-0.2, 0) is 10.0 Å². The second kappa shape index (κ2) is 7.61. The minimum Gasteiger partial charge on any atom is -0.289 e. The average molecular weight is 478 g/mol. The van der Waals surface area contributed by atoms with Crippen molar-refractivity contribution in [2.24, 2.45) is 0 Å². The van der Waals surface area contributed by atoms with Crippen LogP contribution in [0.15, 0.2) is 102 Å². The molecule has 6 heteroatoms. The van der Waals surface area contributed by atoms with Crippen LogP contribution in [0, 0.1) is 6.92 Å². The molecule has 1 aliphatic rings. The Morgan fingerprint density at radius 3 is 2.09 bits per heavy atom. The van der Waals surface area contributed by atoms with E-state index in [4.69, 9.17) is 0 Å². The van der Waals surface area contributed by atoms with Crippen LogP contribution in [0.5, 0.6) is 0 Å². The second-order valence-electron chi connectivity index (χ2n) is 8.60. The van der Waals surface area contributed by atoms with E-state index in [2.05, 4.69) is 0 Å². The zero-order valence-electron chi connectivity index (χ0n) is 18.7. The van der Waals surface area contributed by atoms with E-state index in [9.17, 15) is 18.0 Å². The Kier molecular flexibility index (Phi) is 4.62. The van der Waals surface area contributed by atoms with E-state index in [1.54, 1.807) is 42.5 Å². The molecule has 0 fully saturated rings. The Labute approximate surface area is 202 Å². The zero-order valence-corrected chi connectivity index (χ0v) is 19.5. The van der Waals surface area contributed by atoms with Crippen LogP contribution >= 0.6 is 0 Å². The first-order chi connectivity index (χ1) is 16.9. The van der Waals surface area contributed by atoms with Gasteiger partial charge in [-0.25, -0.2) is 12.4 Å². The minimum absolute atomic E-state index is 0.145. The van der Waals surface area contributed by atoms with E-state index in [1.165, 1.54) is 16.1 Å². The predicted octanol–water partition coefficient (Wildman–Crippen LogP) is 5.94. The van der Waals surface area contributed by atoms with Crippen LogP contribution < -0.4 is 0 Å². The highest BCUT2D eigenvalue weighted by Crippen LogP contribution is 2.43. The molecule has 0 bridgehead atoms. The fraction of sp³-hybridized carbons (Fsp3) is 0.0345. The molecule has 0 atom stereocenters. The summed E-state index contributed by atoms with van der Waals surface area (Å²) in [6.07, 6.45) is 2.53. The van der Waals surface area contributed by atoms with Gasteiger partial charge in [0.05, 0.1) is 15.9 Å². The molecule has 5 aromatic rings. The van der Waals surface area contributed by atoms with Crippen molar-refractivity contribution in [2.45, 2.75) is 11.8 Å². The monoisotopic (exact) mass is 477 g/mol. The molecular weight excluding hydrogens is 458 g/mol. The number of aryl methyl sites for hydroxylation is 1. The van der Waals surface area contributed by atoms with Gasteiger partial charge < -0.3 is 0 Å². The molecule has 0 spiro atoms. The summed E-state index contributed by atoms with van der Waals surface area (Å²) in [4.78, 5) is 26.2. The van der Waals surface area contributed by atoms with Crippen molar-refractivity contribution in [3.05, 3.63) is 114 Å². The lowest BCUT2D eigenvalue weighted by atomic mass is 9.85. The number of fused-ring (bicyclic) bond motifs is 4. The van der Waals surface area contributed by atoms with Gasteiger partial charge in [-0.1, -0.05) is 66.2 Å². The highest BCUT2D eigenvalue weighted by atomic mass is 32.2. The second-order valence-corrected chi connectivity index (χ2v) is 10.4. The third-order valence-corrected chi connectivity index (χ3v) is 8.18. The molecule has 0 amide bonds. The van der Waals surface area contributed by atoms with Crippen LogP contribution in [0.25, 0.3) is 32.9 Å². The summed E-state index contributed by atoms with van der Waals surface area (Å²) < 4.78 is 29.3. The maximum atomic E-state index is 14.0. The summed E-state index contributed by atoms with van der Waals surface area (Å²) in [5, 5.41) is 1.31. The third-order valence-electron chi connectivity index (χ3n) is 6.44. The van der Waals surface area contributed by atoms with Crippen LogP contribution in [-0.4, -0.2) is 24.0 Å². The highest BCUT2D eigenvalue weighted by Gasteiger charge is 2.31. The molecule has 0 radical (unpaired) electrons. The highest BCUT2D eigenvalue weighted by molar-refractivity contribution is 7.90. The molecule has 6 rings (SSSR count).